The van der Waals surface area contributed by atoms with Crippen LogP contribution in [0.4, 0.5) is 0 Å². The van der Waals surface area contributed by atoms with E-state index in [0.29, 0.717) is 12.2 Å². The van der Waals surface area contributed by atoms with Gasteiger partial charge in [0, 0.05) is 0 Å². The van der Waals surface area contributed by atoms with E-state index >= 15 is 0 Å². The number of rotatable bonds is 5. The van der Waals surface area contributed by atoms with Crippen molar-refractivity contribution in [2.24, 2.45) is 0 Å². The normalized spacial score (nSPS) is 23.2. The minimum absolute atomic E-state index is 0. The number of piperidine rings is 1. The van der Waals surface area contributed by atoms with Crippen molar-refractivity contribution in [1.29, 1.82) is 0 Å². The molecule has 1 N–H and O–H groups in total. The second-order valence-corrected chi connectivity index (χ2v) is 4.60. The molecule has 96 valence electrons. The molecule has 0 aromatic carbocycles. The number of nitrogens with one attached hydrogen (secondary N) is 1. The maximum atomic E-state index is 5.78. The van der Waals surface area contributed by atoms with Gasteiger partial charge in [0.1, 0.15) is 0 Å². The molecule has 2 aliphatic rings. The second kappa shape index (κ2) is 8.29. The molecule has 0 radical (unpaired) electrons. The minimum Gasteiger partial charge on any atom is -0.376 e. The first kappa shape index (κ1) is 14.2. The third kappa shape index (κ3) is 5.00. The summed E-state index contributed by atoms with van der Waals surface area (Å²) in [5, 5.41) is 3.34. The van der Waals surface area contributed by atoms with Crippen LogP contribution in [-0.4, -0.2) is 38.5 Å². The van der Waals surface area contributed by atoms with Gasteiger partial charge < -0.3 is 14.8 Å². The van der Waals surface area contributed by atoms with E-state index in [-0.39, 0.29) is 12.4 Å². The molecule has 1 heterocycles. The summed E-state index contributed by atoms with van der Waals surface area (Å²) in [4.78, 5) is 0. The van der Waals surface area contributed by atoms with E-state index in [1.54, 1.807) is 0 Å². The lowest BCUT2D eigenvalue weighted by molar-refractivity contribution is -0.0280. The van der Waals surface area contributed by atoms with E-state index in [9.17, 15) is 0 Å². The summed E-state index contributed by atoms with van der Waals surface area (Å²) in [6.07, 6.45) is 8.52. The third-order valence-corrected chi connectivity index (χ3v) is 3.38. The Morgan fingerprint density at radius 3 is 1.88 bits per heavy atom. The van der Waals surface area contributed by atoms with Crippen LogP contribution in [0.3, 0.4) is 0 Å². The lowest BCUT2D eigenvalue weighted by atomic mass is 10.1. The van der Waals surface area contributed by atoms with Crippen molar-refractivity contribution >= 4 is 12.4 Å². The van der Waals surface area contributed by atoms with Crippen LogP contribution in [-0.2, 0) is 9.47 Å². The van der Waals surface area contributed by atoms with Gasteiger partial charge in [-0.15, -0.1) is 12.4 Å². The predicted octanol–water partition coefficient (Wildman–Crippen LogP) is 2.14. The van der Waals surface area contributed by atoms with Crippen LogP contribution in [0.2, 0.25) is 0 Å². The lowest BCUT2D eigenvalue weighted by Gasteiger charge is -2.23. The number of ether oxygens (including phenoxy) is 2. The van der Waals surface area contributed by atoms with Gasteiger partial charge in [-0.1, -0.05) is 12.8 Å². The fourth-order valence-corrected chi connectivity index (χ4v) is 2.45. The van der Waals surface area contributed by atoms with Gasteiger partial charge in [-0.05, 0) is 38.8 Å². The largest absolute Gasteiger partial charge is 0.376 e. The molecule has 1 aliphatic heterocycles. The van der Waals surface area contributed by atoms with Gasteiger partial charge in [0.05, 0.1) is 25.4 Å². The van der Waals surface area contributed by atoms with Crippen LogP contribution in [0.15, 0.2) is 0 Å². The van der Waals surface area contributed by atoms with Gasteiger partial charge in [-0.2, -0.15) is 0 Å². The standard InChI is InChI=1S/C12H23NO2.ClH/c1-2-4-11(3-1)14-9-10-15-12-5-7-13-8-6-12;/h11-13H,1-10H2;1H. The first-order valence-electron chi connectivity index (χ1n) is 6.39. The summed E-state index contributed by atoms with van der Waals surface area (Å²) in [5.41, 5.74) is 0. The maximum absolute atomic E-state index is 5.78. The Bertz CT molecular complexity index is 168. The van der Waals surface area contributed by atoms with Crippen molar-refractivity contribution in [3.8, 4) is 0 Å². The fourth-order valence-electron chi connectivity index (χ4n) is 2.45. The van der Waals surface area contributed by atoms with Gasteiger partial charge in [0.15, 0.2) is 0 Å². The smallest absolute Gasteiger partial charge is 0.0704 e. The van der Waals surface area contributed by atoms with Crippen LogP contribution < -0.4 is 5.32 Å². The molecule has 0 aromatic heterocycles. The topological polar surface area (TPSA) is 30.5 Å². The molecule has 0 amide bonds. The summed E-state index contributed by atoms with van der Waals surface area (Å²) in [6, 6.07) is 0. The SMILES string of the molecule is C1CCC(OCCOC2CCNCC2)C1.Cl. The highest BCUT2D eigenvalue weighted by molar-refractivity contribution is 5.85. The Hall–Kier alpha value is 0.170. The van der Waals surface area contributed by atoms with Crippen LogP contribution >= 0.6 is 12.4 Å². The van der Waals surface area contributed by atoms with Gasteiger partial charge >= 0.3 is 0 Å². The molecule has 2 rings (SSSR count). The highest BCUT2D eigenvalue weighted by Crippen LogP contribution is 2.20. The summed E-state index contributed by atoms with van der Waals surface area (Å²) in [6.45, 7) is 3.78. The van der Waals surface area contributed by atoms with Crippen LogP contribution in [0.1, 0.15) is 38.5 Å². The monoisotopic (exact) mass is 249 g/mol. The third-order valence-electron chi connectivity index (χ3n) is 3.38. The van der Waals surface area contributed by atoms with E-state index in [0.717, 1.165) is 39.1 Å². The predicted molar refractivity (Wildman–Crippen MR) is 67.3 cm³/mol. The van der Waals surface area contributed by atoms with E-state index in [2.05, 4.69) is 5.32 Å². The molecule has 0 spiro atoms. The van der Waals surface area contributed by atoms with Crippen LogP contribution in [0.25, 0.3) is 0 Å². The highest BCUT2D eigenvalue weighted by Gasteiger charge is 2.16. The number of halogens is 1. The van der Waals surface area contributed by atoms with Crippen molar-refractivity contribution in [2.45, 2.75) is 50.7 Å². The zero-order chi connectivity index (χ0) is 10.3. The molecule has 1 saturated heterocycles. The Balaban J connectivity index is 0.00000128. The molecule has 16 heavy (non-hydrogen) atoms. The average molecular weight is 250 g/mol. The van der Waals surface area contributed by atoms with E-state index in [1.165, 1.54) is 25.7 Å². The second-order valence-electron chi connectivity index (χ2n) is 4.60. The average Bonchev–Trinajstić information content (AvgIpc) is 2.79. The molecule has 1 saturated carbocycles. The van der Waals surface area contributed by atoms with Crippen molar-refractivity contribution in [3.63, 3.8) is 0 Å². The number of hydrogen-bond donors (Lipinski definition) is 1. The Labute approximate surface area is 105 Å². The molecule has 2 fully saturated rings. The Morgan fingerprint density at radius 2 is 1.31 bits per heavy atom. The summed E-state index contributed by atoms with van der Waals surface area (Å²) in [5.74, 6) is 0. The van der Waals surface area contributed by atoms with E-state index < -0.39 is 0 Å². The molecule has 4 heteroatoms. The van der Waals surface area contributed by atoms with Gasteiger partial charge in [-0.3, -0.25) is 0 Å². The summed E-state index contributed by atoms with van der Waals surface area (Å²) in [7, 11) is 0. The molecule has 0 atom stereocenters. The number of hydrogen-bond acceptors (Lipinski definition) is 3. The Kier molecular flexibility index (Phi) is 7.37. The van der Waals surface area contributed by atoms with Gasteiger partial charge in [-0.25, -0.2) is 0 Å². The maximum Gasteiger partial charge on any atom is 0.0704 e. The molecule has 0 aromatic rings. The minimum atomic E-state index is 0. The Morgan fingerprint density at radius 1 is 0.812 bits per heavy atom. The summed E-state index contributed by atoms with van der Waals surface area (Å²) < 4.78 is 11.5. The van der Waals surface area contributed by atoms with Gasteiger partial charge in [0.25, 0.3) is 0 Å². The first-order valence-corrected chi connectivity index (χ1v) is 6.39. The summed E-state index contributed by atoms with van der Waals surface area (Å²) >= 11 is 0. The first-order chi connectivity index (χ1) is 7.45. The highest BCUT2D eigenvalue weighted by atomic mass is 35.5. The van der Waals surface area contributed by atoms with Gasteiger partial charge in [0.2, 0.25) is 0 Å². The van der Waals surface area contributed by atoms with Crippen molar-refractivity contribution < 1.29 is 9.47 Å². The molecule has 1 aliphatic carbocycles. The molecule has 0 unspecified atom stereocenters. The molecular weight excluding hydrogens is 226 g/mol. The molecule has 0 bridgehead atoms. The quantitative estimate of drug-likeness (QED) is 0.758. The molecular formula is C12H24ClNO2. The zero-order valence-corrected chi connectivity index (χ0v) is 10.8. The lowest BCUT2D eigenvalue weighted by Crippen LogP contribution is -2.33. The van der Waals surface area contributed by atoms with Crippen molar-refractivity contribution in [1.82, 2.24) is 5.32 Å². The van der Waals surface area contributed by atoms with Crippen LogP contribution in [0.5, 0.6) is 0 Å². The molecule has 3 nitrogen and oxygen atoms in total. The van der Waals surface area contributed by atoms with Crippen LogP contribution in [0, 0.1) is 0 Å². The van der Waals surface area contributed by atoms with Crippen molar-refractivity contribution in [3.05, 3.63) is 0 Å². The van der Waals surface area contributed by atoms with Crippen molar-refractivity contribution in [2.75, 3.05) is 26.3 Å². The zero-order valence-electron chi connectivity index (χ0n) is 9.95. The fraction of sp³-hybridized carbons (Fsp3) is 1.00. The van der Waals surface area contributed by atoms with E-state index in [1.807, 2.05) is 0 Å². The van der Waals surface area contributed by atoms with E-state index in [4.69, 9.17) is 9.47 Å².